The third-order valence-corrected chi connectivity index (χ3v) is 4.10. The predicted octanol–water partition coefficient (Wildman–Crippen LogP) is 0.232. The van der Waals surface area contributed by atoms with Crippen molar-refractivity contribution >= 4 is 11.9 Å². The minimum absolute atomic E-state index is 0.0710. The molecule has 0 aliphatic carbocycles. The molecule has 3 aliphatic heterocycles. The van der Waals surface area contributed by atoms with Gasteiger partial charge in [0.15, 0.2) is 0 Å². The second-order valence-corrected chi connectivity index (χ2v) is 6.42. The second-order valence-electron chi connectivity index (χ2n) is 6.42. The number of hydrogen-bond acceptors (Lipinski definition) is 5. The Labute approximate surface area is 124 Å². The lowest BCUT2D eigenvalue weighted by atomic mass is 10.0. The first-order chi connectivity index (χ1) is 9.89. The van der Waals surface area contributed by atoms with Crippen molar-refractivity contribution in [2.75, 3.05) is 32.9 Å². The van der Waals surface area contributed by atoms with Crippen LogP contribution >= 0.6 is 0 Å². The Morgan fingerprint density at radius 2 is 1.90 bits per heavy atom. The summed E-state index contributed by atoms with van der Waals surface area (Å²) in [6, 6.07) is -0.251. The zero-order valence-corrected chi connectivity index (χ0v) is 12.7. The SMILES string of the molecule is CC(CN1C(=O)N(CC2CO2)C(C)(C)C1=O)OCC1CO1. The van der Waals surface area contributed by atoms with Gasteiger partial charge < -0.3 is 19.1 Å². The minimum atomic E-state index is -0.817. The van der Waals surface area contributed by atoms with Gasteiger partial charge in [-0.1, -0.05) is 0 Å². The molecule has 3 rings (SSSR count). The van der Waals surface area contributed by atoms with Gasteiger partial charge in [0.2, 0.25) is 0 Å². The van der Waals surface area contributed by atoms with Crippen LogP contribution in [0, 0.1) is 0 Å². The molecule has 3 amide bonds. The van der Waals surface area contributed by atoms with Crippen LogP contribution in [0.15, 0.2) is 0 Å². The van der Waals surface area contributed by atoms with E-state index < -0.39 is 5.54 Å². The van der Waals surface area contributed by atoms with Crippen molar-refractivity contribution in [2.24, 2.45) is 0 Å². The van der Waals surface area contributed by atoms with Crippen LogP contribution < -0.4 is 0 Å². The van der Waals surface area contributed by atoms with E-state index in [9.17, 15) is 9.59 Å². The normalized spacial score (nSPS) is 31.8. The molecule has 0 aromatic heterocycles. The first-order valence-corrected chi connectivity index (χ1v) is 7.38. The Morgan fingerprint density at radius 1 is 1.29 bits per heavy atom. The molecule has 3 heterocycles. The first-order valence-electron chi connectivity index (χ1n) is 7.38. The van der Waals surface area contributed by atoms with Crippen LogP contribution in [0.4, 0.5) is 4.79 Å². The average Bonchev–Trinajstić information content (AvgIpc) is 3.31. The maximum absolute atomic E-state index is 12.5. The Hall–Kier alpha value is -1.18. The molecule has 7 nitrogen and oxygen atoms in total. The van der Waals surface area contributed by atoms with Gasteiger partial charge in [-0.2, -0.15) is 0 Å². The number of imide groups is 1. The van der Waals surface area contributed by atoms with Crippen LogP contribution in [0.1, 0.15) is 20.8 Å². The summed E-state index contributed by atoms with van der Waals surface area (Å²) in [5, 5.41) is 0. The third kappa shape index (κ3) is 3.04. The van der Waals surface area contributed by atoms with Gasteiger partial charge in [-0.3, -0.25) is 9.69 Å². The molecule has 0 aromatic carbocycles. The largest absolute Gasteiger partial charge is 0.374 e. The zero-order chi connectivity index (χ0) is 15.2. The van der Waals surface area contributed by atoms with Gasteiger partial charge in [0.25, 0.3) is 5.91 Å². The van der Waals surface area contributed by atoms with E-state index >= 15 is 0 Å². The lowest BCUT2D eigenvalue weighted by molar-refractivity contribution is -0.133. The molecule has 3 unspecified atom stereocenters. The molecule has 0 radical (unpaired) electrons. The van der Waals surface area contributed by atoms with Gasteiger partial charge in [0.05, 0.1) is 45.1 Å². The van der Waals surface area contributed by atoms with Crippen LogP contribution in [0.3, 0.4) is 0 Å². The van der Waals surface area contributed by atoms with Crippen LogP contribution in [0.5, 0.6) is 0 Å². The molecule has 21 heavy (non-hydrogen) atoms. The summed E-state index contributed by atoms with van der Waals surface area (Å²) in [6.07, 6.45) is 0.0501. The third-order valence-electron chi connectivity index (χ3n) is 4.10. The van der Waals surface area contributed by atoms with Crippen molar-refractivity contribution in [3.63, 3.8) is 0 Å². The zero-order valence-electron chi connectivity index (χ0n) is 12.7. The Balaban J connectivity index is 1.60. The summed E-state index contributed by atoms with van der Waals surface area (Å²) in [5.41, 5.74) is -0.817. The van der Waals surface area contributed by atoms with Crippen molar-refractivity contribution in [1.82, 2.24) is 9.80 Å². The fourth-order valence-electron chi connectivity index (χ4n) is 2.51. The number of carbonyl (C=O) groups is 2. The van der Waals surface area contributed by atoms with Gasteiger partial charge in [0, 0.05) is 0 Å². The van der Waals surface area contributed by atoms with E-state index in [1.54, 1.807) is 18.7 Å². The predicted molar refractivity (Wildman–Crippen MR) is 72.8 cm³/mol. The van der Waals surface area contributed by atoms with Crippen LogP contribution in [-0.4, -0.2) is 78.5 Å². The van der Waals surface area contributed by atoms with Crippen molar-refractivity contribution < 1.29 is 23.8 Å². The van der Waals surface area contributed by atoms with E-state index in [4.69, 9.17) is 14.2 Å². The quantitative estimate of drug-likeness (QED) is 0.497. The Kier molecular flexibility index (Phi) is 3.67. The smallest absolute Gasteiger partial charge is 0.327 e. The van der Waals surface area contributed by atoms with Gasteiger partial charge in [-0.25, -0.2) is 4.79 Å². The minimum Gasteiger partial charge on any atom is -0.374 e. The maximum Gasteiger partial charge on any atom is 0.327 e. The summed E-state index contributed by atoms with van der Waals surface area (Å²) in [5.74, 6) is -0.175. The molecule has 118 valence electrons. The van der Waals surface area contributed by atoms with E-state index in [-0.39, 0.29) is 36.8 Å². The molecule has 7 heteroatoms. The number of hydrogen-bond donors (Lipinski definition) is 0. The standard InChI is InChI=1S/C14H22N2O5/c1-9(19-7-11-8-21-11)4-15-12(17)14(2,3)16(13(15)18)5-10-6-20-10/h9-11H,4-8H2,1-3H3. The number of ether oxygens (including phenoxy) is 3. The second kappa shape index (κ2) is 5.23. The molecule has 0 saturated carbocycles. The fourth-order valence-corrected chi connectivity index (χ4v) is 2.51. The van der Waals surface area contributed by atoms with Crippen LogP contribution in [0.25, 0.3) is 0 Å². The number of amides is 3. The molecule has 0 spiro atoms. The number of epoxide rings is 2. The van der Waals surface area contributed by atoms with Crippen LogP contribution in [0.2, 0.25) is 0 Å². The highest BCUT2D eigenvalue weighted by molar-refractivity contribution is 6.06. The van der Waals surface area contributed by atoms with E-state index in [2.05, 4.69) is 0 Å². The Morgan fingerprint density at radius 3 is 2.48 bits per heavy atom. The molecule has 3 atom stereocenters. The molecule has 3 aliphatic rings. The highest BCUT2D eigenvalue weighted by Crippen LogP contribution is 2.30. The highest BCUT2D eigenvalue weighted by Gasteiger charge is 2.52. The average molecular weight is 298 g/mol. The Bertz CT molecular complexity index is 445. The van der Waals surface area contributed by atoms with E-state index in [1.807, 2.05) is 6.92 Å². The fraction of sp³-hybridized carbons (Fsp3) is 0.857. The summed E-state index contributed by atoms with van der Waals surface area (Å²) >= 11 is 0. The molecular formula is C14H22N2O5. The van der Waals surface area contributed by atoms with E-state index in [0.717, 1.165) is 6.61 Å². The van der Waals surface area contributed by atoms with E-state index in [0.29, 0.717) is 19.8 Å². The van der Waals surface area contributed by atoms with E-state index in [1.165, 1.54) is 4.90 Å². The summed E-state index contributed by atoms with van der Waals surface area (Å²) in [7, 11) is 0. The molecule has 3 saturated heterocycles. The van der Waals surface area contributed by atoms with Gasteiger partial charge in [0.1, 0.15) is 11.6 Å². The number of rotatable bonds is 7. The van der Waals surface area contributed by atoms with Gasteiger partial charge >= 0.3 is 6.03 Å². The maximum atomic E-state index is 12.5. The lowest BCUT2D eigenvalue weighted by Crippen LogP contribution is -2.46. The summed E-state index contributed by atoms with van der Waals surface area (Å²) in [4.78, 5) is 27.8. The summed E-state index contributed by atoms with van der Waals surface area (Å²) in [6.45, 7) is 8.07. The monoisotopic (exact) mass is 298 g/mol. The molecule has 0 N–H and O–H groups in total. The molecule has 0 aromatic rings. The van der Waals surface area contributed by atoms with Crippen LogP contribution in [-0.2, 0) is 19.0 Å². The van der Waals surface area contributed by atoms with Crippen molar-refractivity contribution in [1.29, 1.82) is 0 Å². The molecule has 3 fully saturated rings. The van der Waals surface area contributed by atoms with Gasteiger partial charge in [-0.05, 0) is 20.8 Å². The first kappa shape index (κ1) is 14.7. The topological polar surface area (TPSA) is 74.9 Å². The van der Waals surface area contributed by atoms with Crippen molar-refractivity contribution in [3.05, 3.63) is 0 Å². The molecule has 0 bridgehead atoms. The van der Waals surface area contributed by atoms with Gasteiger partial charge in [-0.15, -0.1) is 0 Å². The molecular weight excluding hydrogens is 276 g/mol. The van der Waals surface area contributed by atoms with Crippen molar-refractivity contribution in [3.8, 4) is 0 Å². The lowest BCUT2D eigenvalue weighted by Gasteiger charge is -2.26. The number of nitrogens with zero attached hydrogens (tertiary/aromatic N) is 2. The summed E-state index contributed by atoms with van der Waals surface area (Å²) < 4.78 is 15.9. The van der Waals surface area contributed by atoms with Crippen molar-refractivity contribution in [2.45, 2.75) is 44.6 Å². The highest BCUT2D eigenvalue weighted by atomic mass is 16.6. The number of urea groups is 1. The number of carbonyl (C=O) groups excluding carboxylic acids is 2.